The van der Waals surface area contributed by atoms with Gasteiger partial charge in [0.1, 0.15) is 29.4 Å². The average Bonchev–Trinajstić information content (AvgIpc) is 3.53. The monoisotopic (exact) mass is 671 g/mol. The van der Waals surface area contributed by atoms with Crippen molar-refractivity contribution in [2.24, 2.45) is 0 Å². The van der Waals surface area contributed by atoms with Gasteiger partial charge in [-0.1, -0.05) is 78.7 Å². The molecule has 10 heteroatoms. The van der Waals surface area contributed by atoms with Crippen LogP contribution in [0.5, 0.6) is 11.5 Å². The maximum absolute atomic E-state index is 13.3. The predicted octanol–water partition coefficient (Wildman–Crippen LogP) is 5.54. The molecule has 254 valence electrons. The van der Waals surface area contributed by atoms with Crippen molar-refractivity contribution in [1.82, 2.24) is 9.55 Å². The van der Waals surface area contributed by atoms with Gasteiger partial charge in [-0.05, 0) is 60.0 Å². The smallest absolute Gasteiger partial charge is 0.351 e. The van der Waals surface area contributed by atoms with E-state index < -0.39 is 35.6 Å². The Morgan fingerprint density at radius 2 is 1.46 bits per heavy atom. The molecule has 2 N–H and O–H groups in total. The first-order valence-corrected chi connectivity index (χ1v) is 16.1. The van der Waals surface area contributed by atoms with Gasteiger partial charge >= 0.3 is 5.69 Å². The fourth-order valence-electron chi connectivity index (χ4n) is 6.08. The second-order valence-corrected chi connectivity index (χ2v) is 11.6. The third-order valence-corrected chi connectivity index (χ3v) is 8.63. The van der Waals surface area contributed by atoms with Gasteiger partial charge in [-0.25, -0.2) is 4.79 Å². The number of rotatable bonds is 11. The lowest BCUT2D eigenvalue weighted by atomic mass is 9.80. The van der Waals surface area contributed by atoms with Crippen molar-refractivity contribution in [3.63, 3.8) is 0 Å². The van der Waals surface area contributed by atoms with Crippen LogP contribution in [0.15, 0.2) is 120 Å². The van der Waals surface area contributed by atoms with Gasteiger partial charge in [0.05, 0.1) is 32.5 Å². The summed E-state index contributed by atoms with van der Waals surface area (Å²) in [6.07, 6.45) is -1.03. The summed E-state index contributed by atoms with van der Waals surface area (Å²) in [5.41, 5.74) is 1.47. The number of aromatic nitrogens is 2. The molecule has 1 saturated heterocycles. The van der Waals surface area contributed by atoms with E-state index in [1.54, 1.807) is 51.5 Å². The molecule has 0 bridgehead atoms. The van der Waals surface area contributed by atoms with E-state index in [9.17, 15) is 14.7 Å². The van der Waals surface area contributed by atoms with Crippen LogP contribution in [0, 0.1) is 11.8 Å². The lowest BCUT2D eigenvalue weighted by Gasteiger charge is -2.37. The van der Waals surface area contributed by atoms with Gasteiger partial charge in [0.15, 0.2) is 5.82 Å². The maximum Gasteiger partial charge on any atom is 0.351 e. The number of aliphatic hydroxyl groups excluding tert-OH is 1. The van der Waals surface area contributed by atoms with Crippen molar-refractivity contribution in [3.05, 3.63) is 154 Å². The highest BCUT2D eigenvalue weighted by Gasteiger charge is 2.42. The second kappa shape index (κ2) is 15.2. The normalized spacial score (nSPS) is 17.0. The van der Waals surface area contributed by atoms with E-state index in [2.05, 4.69) is 22.1 Å². The SMILES string of the molecule is CC#Cc1cn([C@H]2C[C@H](O)[C@@H](COC(c3ccccc3)(c3ccc(OC)cc3)c3ccc(OC)cc3)O2)c(=O)nc1NC(=O)c1ccccc1. The molecule has 1 aliphatic rings. The highest BCUT2D eigenvalue weighted by atomic mass is 16.6. The first kappa shape index (κ1) is 34.1. The van der Waals surface area contributed by atoms with E-state index in [4.69, 9.17) is 18.9 Å². The van der Waals surface area contributed by atoms with Crippen LogP contribution in [0.25, 0.3) is 0 Å². The number of aliphatic hydroxyl groups is 1. The Kier molecular flexibility index (Phi) is 10.4. The summed E-state index contributed by atoms with van der Waals surface area (Å²) < 4.78 is 25.4. The Bertz CT molecular complexity index is 1990. The fourth-order valence-corrected chi connectivity index (χ4v) is 6.08. The number of anilines is 1. The molecular weight excluding hydrogens is 634 g/mol. The van der Waals surface area contributed by atoms with Gasteiger partial charge in [0, 0.05) is 18.2 Å². The molecule has 1 aromatic heterocycles. The van der Waals surface area contributed by atoms with E-state index in [1.165, 1.54) is 10.8 Å². The minimum Gasteiger partial charge on any atom is -0.497 e. The van der Waals surface area contributed by atoms with Crippen LogP contribution in [0.3, 0.4) is 0 Å². The first-order chi connectivity index (χ1) is 24.4. The molecule has 2 heterocycles. The largest absolute Gasteiger partial charge is 0.497 e. The van der Waals surface area contributed by atoms with Gasteiger partial charge < -0.3 is 29.4 Å². The zero-order valence-corrected chi connectivity index (χ0v) is 27.9. The molecule has 10 nitrogen and oxygen atoms in total. The Hall–Kier alpha value is -5.73. The van der Waals surface area contributed by atoms with E-state index in [0.29, 0.717) is 22.6 Å². The third kappa shape index (κ3) is 7.02. The van der Waals surface area contributed by atoms with Crippen molar-refractivity contribution >= 4 is 11.7 Å². The number of nitrogens with one attached hydrogen (secondary N) is 1. The topological polar surface area (TPSA) is 121 Å². The number of benzene rings is 4. The Morgan fingerprint density at radius 1 is 0.900 bits per heavy atom. The highest BCUT2D eigenvalue weighted by Crippen LogP contribution is 2.42. The number of nitrogens with zero attached hydrogens (tertiary/aromatic N) is 2. The molecule has 5 aromatic rings. The lowest BCUT2D eigenvalue weighted by Crippen LogP contribution is -2.38. The number of amides is 1. The standard InChI is InChI=1S/C40H37N3O7/c1-4-11-28-25-43(39(46)42-37(28)41-38(45)27-12-7-5-8-13-27)36-24-34(44)35(50-36)26-49-40(29-14-9-6-10-15-29,30-16-20-32(47-2)21-17-30)31-18-22-33(48-3)23-19-31/h5-10,12-23,25,34-36,44H,24,26H2,1-3H3,(H,41,42,45,46)/t34-,35+,36+/m0/s1. The van der Waals surface area contributed by atoms with Crippen LogP contribution >= 0.6 is 0 Å². The summed E-state index contributed by atoms with van der Waals surface area (Å²) in [4.78, 5) is 30.3. The minimum absolute atomic E-state index is 0.0281. The quantitative estimate of drug-likeness (QED) is 0.139. The Balaban J connectivity index is 1.31. The number of hydrogen-bond donors (Lipinski definition) is 2. The zero-order chi connectivity index (χ0) is 35.1. The zero-order valence-electron chi connectivity index (χ0n) is 27.9. The molecule has 0 spiro atoms. The number of ether oxygens (including phenoxy) is 4. The van der Waals surface area contributed by atoms with E-state index in [0.717, 1.165) is 16.7 Å². The predicted molar refractivity (Wildman–Crippen MR) is 188 cm³/mol. The van der Waals surface area contributed by atoms with Gasteiger partial charge in [-0.3, -0.25) is 9.36 Å². The van der Waals surface area contributed by atoms with Gasteiger partial charge in [-0.15, -0.1) is 5.92 Å². The van der Waals surface area contributed by atoms with Crippen molar-refractivity contribution in [3.8, 4) is 23.3 Å². The Labute approximate surface area is 290 Å². The molecular formula is C40H37N3O7. The van der Waals surface area contributed by atoms with Crippen LogP contribution in [0.2, 0.25) is 0 Å². The summed E-state index contributed by atoms with van der Waals surface area (Å²) >= 11 is 0. The van der Waals surface area contributed by atoms with E-state index >= 15 is 0 Å². The highest BCUT2D eigenvalue weighted by molar-refractivity contribution is 6.04. The summed E-state index contributed by atoms with van der Waals surface area (Å²) in [6, 6.07) is 33.7. The minimum atomic E-state index is -1.12. The summed E-state index contributed by atoms with van der Waals surface area (Å²) in [6.45, 7) is 1.62. The van der Waals surface area contributed by atoms with E-state index in [-0.39, 0.29) is 18.8 Å². The summed E-state index contributed by atoms with van der Waals surface area (Å²) in [5, 5.41) is 14.0. The number of methoxy groups -OCH3 is 2. The molecule has 1 amide bonds. The number of carbonyl (C=O) groups excluding carboxylic acids is 1. The van der Waals surface area contributed by atoms with Crippen LogP contribution < -0.4 is 20.5 Å². The number of hydrogen-bond acceptors (Lipinski definition) is 8. The summed E-state index contributed by atoms with van der Waals surface area (Å²) in [7, 11) is 3.23. The second-order valence-electron chi connectivity index (χ2n) is 11.6. The third-order valence-electron chi connectivity index (χ3n) is 8.63. The maximum atomic E-state index is 13.3. The van der Waals surface area contributed by atoms with Crippen molar-refractivity contribution in [1.29, 1.82) is 0 Å². The first-order valence-electron chi connectivity index (χ1n) is 16.1. The fraction of sp³-hybridized carbons (Fsp3) is 0.225. The molecule has 50 heavy (non-hydrogen) atoms. The van der Waals surface area contributed by atoms with Crippen LogP contribution in [0.1, 0.15) is 52.2 Å². The average molecular weight is 672 g/mol. The Morgan fingerprint density at radius 3 is 2.02 bits per heavy atom. The number of carbonyl (C=O) groups is 1. The van der Waals surface area contributed by atoms with Crippen LogP contribution in [-0.4, -0.2) is 53.6 Å². The van der Waals surface area contributed by atoms with Crippen LogP contribution in [-0.2, 0) is 15.1 Å². The van der Waals surface area contributed by atoms with Crippen molar-refractivity contribution in [2.45, 2.75) is 37.4 Å². The molecule has 1 fully saturated rings. The molecule has 4 aromatic carbocycles. The summed E-state index contributed by atoms with van der Waals surface area (Å²) in [5.74, 6) is 6.73. The van der Waals surface area contributed by atoms with Crippen molar-refractivity contribution in [2.75, 3.05) is 26.1 Å². The molecule has 0 radical (unpaired) electrons. The van der Waals surface area contributed by atoms with Gasteiger partial charge in [-0.2, -0.15) is 4.98 Å². The lowest BCUT2D eigenvalue weighted by molar-refractivity contribution is -0.0944. The molecule has 3 atom stereocenters. The molecule has 0 saturated carbocycles. The van der Waals surface area contributed by atoms with Crippen molar-refractivity contribution < 1.29 is 28.8 Å². The van der Waals surface area contributed by atoms with Gasteiger partial charge in [0.2, 0.25) is 0 Å². The van der Waals surface area contributed by atoms with E-state index in [1.807, 2.05) is 78.9 Å². The molecule has 1 aliphatic heterocycles. The van der Waals surface area contributed by atoms with Gasteiger partial charge in [0.25, 0.3) is 5.91 Å². The van der Waals surface area contributed by atoms with Crippen LogP contribution in [0.4, 0.5) is 5.82 Å². The molecule has 6 rings (SSSR count). The molecule has 0 unspecified atom stereocenters. The molecule has 0 aliphatic carbocycles.